The molecule has 29 heavy (non-hydrogen) atoms. The van der Waals surface area contributed by atoms with Gasteiger partial charge in [-0.2, -0.15) is 0 Å². The lowest BCUT2D eigenvalue weighted by atomic mass is 10.1. The van der Waals surface area contributed by atoms with Gasteiger partial charge in [0, 0.05) is 38.7 Å². The van der Waals surface area contributed by atoms with Gasteiger partial charge in [0.05, 0.1) is 10.0 Å². The number of nitrogens with zero attached hydrogens (tertiary/aromatic N) is 2. The number of benzene rings is 2. The molecule has 0 radical (unpaired) electrons. The van der Waals surface area contributed by atoms with Crippen LogP contribution in [-0.2, 0) is 16.0 Å². The second-order valence-electron chi connectivity index (χ2n) is 6.97. The van der Waals surface area contributed by atoms with Crippen LogP contribution in [0.15, 0.2) is 48.5 Å². The van der Waals surface area contributed by atoms with E-state index < -0.39 is 0 Å². The van der Waals surface area contributed by atoms with Crippen LogP contribution >= 0.6 is 23.2 Å². The van der Waals surface area contributed by atoms with Crippen molar-refractivity contribution in [3.63, 3.8) is 0 Å². The molecule has 1 fully saturated rings. The fourth-order valence-corrected chi connectivity index (χ4v) is 3.54. The molecule has 1 saturated heterocycles. The van der Waals surface area contributed by atoms with Crippen LogP contribution in [0.25, 0.3) is 0 Å². The quantitative estimate of drug-likeness (QED) is 0.659. The minimum Gasteiger partial charge on any atom is -0.484 e. The first kappa shape index (κ1) is 21.5. The molecule has 0 spiro atoms. The first-order valence-corrected chi connectivity index (χ1v) is 10.5. The number of carbonyl (C=O) groups is 2. The number of carbonyl (C=O) groups excluding carboxylic acids is 2. The Labute approximate surface area is 181 Å². The van der Waals surface area contributed by atoms with Crippen molar-refractivity contribution in [3.8, 4) is 5.75 Å². The third-order valence-corrected chi connectivity index (χ3v) is 5.68. The zero-order valence-corrected chi connectivity index (χ0v) is 17.7. The van der Waals surface area contributed by atoms with Crippen molar-refractivity contribution in [3.05, 3.63) is 64.1 Å². The van der Waals surface area contributed by atoms with Gasteiger partial charge in [0.25, 0.3) is 5.91 Å². The molecule has 1 aliphatic rings. The molecular weight excluding hydrogens is 411 g/mol. The topological polar surface area (TPSA) is 49.9 Å². The van der Waals surface area contributed by atoms with Crippen LogP contribution in [0.4, 0.5) is 0 Å². The minimum absolute atomic E-state index is 0.0665. The van der Waals surface area contributed by atoms with Crippen molar-refractivity contribution in [2.24, 2.45) is 0 Å². The number of rotatable bonds is 7. The number of ether oxygens (including phenoxy) is 1. The molecule has 0 aliphatic carbocycles. The molecule has 2 aromatic carbocycles. The fraction of sp³-hybridized carbons (Fsp3) is 0.364. The number of piperazine rings is 1. The van der Waals surface area contributed by atoms with Gasteiger partial charge in [0.1, 0.15) is 5.75 Å². The standard InChI is InChI=1S/C22H24Cl2N2O3/c23-19-10-9-18(15-20(19)24)29-16-22(28)26-13-11-25(12-14-26)21(27)8-4-7-17-5-2-1-3-6-17/h1-3,5-6,9-10,15H,4,7-8,11-14,16H2. The van der Waals surface area contributed by atoms with E-state index in [0.29, 0.717) is 48.4 Å². The molecule has 2 amide bonds. The van der Waals surface area contributed by atoms with E-state index >= 15 is 0 Å². The number of halogens is 2. The highest BCUT2D eigenvalue weighted by Gasteiger charge is 2.24. The van der Waals surface area contributed by atoms with Gasteiger partial charge in [-0.1, -0.05) is 53.5 Å². The van der Waals surface area contributed by atoms with Gasteiger partial charge >= 0.3 is 0 Å². The van der Waals surface area contributed by atoms with Crippen molar-refractivity contribution in [2.45, 2.75) is 19.3 Å². The molecule has 0 aromatic heterocycles. The maximum absolute atomic E-state index is 12.4. The zero-order valence-electron chi connectivity index (χ0n) is 16.2. The summed E-state index contributed by atoms with van der Waals surface area (Å²) in [6, 6.07) is 15.1. The number of hydrogen-bond donors (Lipinski definition) is 0. The molecule has 0 bridgehead atoms. The lowest BCUT2D eigenvalue weighted by Gasteiger charge is -2.34. The molecule has 3 rings (SSSR count). The number of aryl methyl sites for hydroxylation is 1. The molecule has 154 valence electrons. The summed E-state index contributed by atoms with van der Waals surface area (Å²) in [4.78, 5) is 28.3. The lowest BCUT2D eigenvalue weighted by molar-refractivity contribution is -0.140. The van der Waals surface area contributed by atoms with Crippen LogP contribution in [0.2, 0.25) is 10.0 Å². The third kappa shape index (κ3) is 6.38. The smallest absolute Gasteiger partial charge is 0.260 e. The summed E-state index contributed by atoms with van der Waals surface area (Å²) >= 11 is 11.8. The Bertz CT molecular complexity index is 837. The Balaban J connectivity index is 1.37. The van der Waals surface area contributed by atoms with E-state index in [1.165, 1.54) is 5.56 Å². The average Bonchev–Trinajstić information content (AvgIpc) is 2.75. The van der Waals surface area contributed by atoms with Gasteiger partial charge in [-0.15, -0.1) is 0 Å². The summed E-state index contributed by atoms with van der Waals surface area (Å²) in [7, 11) is 0. The molecule has 2 aromatic rings. The third-order valence-electron chi connectivity index (χ3n) is 4.94. The Morgan fingerprint density at radius 1 is 0.862 bits per heavy atom. The van der Waals surface area contributed by atoms with Crippen LogP contribution in [-0.4, -0.2) is 54.4 Å². The van der Waals surface area contributed by atoms with Crippen LogP contribution in [0.3, 0.4) is 0 Å². The highest BCUT2D eigenvalue weighted by Crippen LogP contribution is 2.26. The van der Waals surface area contributed by atoms with Gasteiger partial charge in [-0.05, 0) is 30.5 Å². The minimum atomic E-state index is -0.104. The van der Waals surface area contributed by atoms with E-state index in [1.54, 1.807) is 23.1 Å². The Morgan fingerprint density at radius 2 is 1.52 bits per heavy atom. The summed E-state index contributed by atoms with van der Waals surface area (Å²) in [5.74, 6) is 0.548. The largest absolute Gasteiger partial charge is 0.484 e. The number of amides is 2. The van der Waals surface area contributed by atoms with E-state index in [9.17, 15) is 9.59 Å². The van der Waals surface area contributed by atoms with E-state index in [1.807, 2.05) is 23.1 Å². The SMILES string of the molecule is O=C(CCCc1ccccc1)N1CCN(C(=O)COc2ccc(Cl)c(Cl)c2)CC1. The summed E-state index contributed by atoms with van der Waals surface area (Å²) in [6.07, 6.45) is 2.26. The second-order valence-corrected chi connectivity index (χ2v) is 7.78. The van der Waals surface area contributed by atoms with Gasteiger partial charge in [0.15, 0.2) is 6.61 Å². The van der Waals surface area contributed by atoms with Crippen molar-refractivity contribution in [1.29, 1.82) is 0 Å². The van der Waals surface area contributed by atoms with Crippen molar-refractivity contribution in [2.75, 3.05) is 32.8 Å². The molecule has 0 atom stereocenters. The van der Waals surface area contributed by atoms with Crippen LogP contribution < -0.4 is 4.74 Å². The molecular formula is C22H24Cl2N2O3. The molecule has 0 saturated carbocycles. The van der Waals surface area contributed by atoms with Crippen LogP contribution in [0.1, 0.15) is 18.4 Å². The first-order chi connectivity index (χ1) is 14.0. The van der Waals surface area contributed by atoms with E-state index in [2.05, 4.69) is 12.1 Å². The maximum atomic E-state index is 12.4. The van der Waals surface area contributed by atoms with Crippen LogP contribution in [0, 0.1) is 0 Å². The van der Waals surface area contributed by atoms with E-state index in [4.69, 9.17) is 27.9 Å². The highest BCUT2D eigenvalue weighted by atomic mass is 35.5. The van der Waals surface area contributed by atoms with Gasteiger partial charge in [0.2, 0.25) is 5.91 Å². The second kappa shape index (κ2) is 10.5. The normalized spacial score (nSPS) is 14.0. The van der Waals surface area contributed by atoms with Crippen LogP contribution in [0.5, 0.6) is 5.75 Å². The van der Waals surface area contributed by atoms with Crippen molar-refractivity contribution < 1.29 is 14.3 Å². The Morgan fingerprint density at radius 3 is 2.17 bits per heavy atom. The van der Waals surface area contributed by atoms with E-state index in [0.717, 1.165) is 12.8 Å². The summed E-state index contributed by atoms with van der Waals surface area (Å²) in [5.41, 5.74) is 1.25. The molecule has 1 aliphatic heterocycles. The fourth-order valence-electron chi connectivity index (χ4n) is 3.25. The highest BCUT2D eigenvalue weighted by molar-refractivity contribution is 6.42. The molecule has 5 nitrogen and oxygen atoms in total. The maximum Gasteiger partial charge on any atom is 0.260 e. The first-order valence-electron chi connectivity index (χ1n) is 9.70. The predicted molar refractivity (Wildman–Crippen MR) is 114 cm³/mol. The number of hydrogen-bond acceptors (Lipinski definition) is 3. The summed E-state index contributed by atoms with van der Waals surface area (Å²) in [6.45, 7) is 2.09. The lowest BCUT2D eigenvalue weighted by Crippen LogP contribution is -2.51. The average molecular weight is 435 g/mol. The Hall–Kier alpha value is -2.24. The monoisotopic (exact) mass is 434 g/mol. The molecule has 0 N–H and O–H groups in total. The Kier molecular flexibility index (Phi) is 7.78. The summed E-state index contributed by atoms with van der Waals surface area (Å²) < 4.78 is 5.51. The van der Waals surface area contributed by atoms with E-state index in [-0.39, 0.29) is 18.4 Å². The zero-order chi connectivity index (χ0) is 20.6. The summed E-state index contributed by atoms with van der Waals surface area (Å²) in [5, 5.41) is 0.825. The van der Waals surface area contributed by atoms with Gasteiger partial charge in [-0.25, -0.2) is 0 Å². The molecule has 1 heterocycles. The van der Waals surface area contributed by atoms with Gasteiger partial charge in [-0.3, -0.25) is 9.59 Å². The van der Waals surface area contributed by atoms with Gasteiger partial charge < -0.3 is 14.5 Å². The molecule has 0 unspecified atom stereocenters. The van der Waals surface area contributed by atoms with Crippen molar-refractivity contribution >= 4 is 35.0 Å². The molecule has 7 heteroatoms. The predicted octanol–water partition coefficient (Wildman–Crippen LogP) is 4.07. The van der Waals surface area contributed by atoms with Crippen molar-refractivity contribution in [1.82, 2.24) is 9.80 Å².